The highest BCUT2D eigenvalue weighted by atomic mass is 15.2. The fourth-order valence-electron chi connectivity index (χ4n) is 3.88. The quantitative estimate of drug-likeness (QED) is 0.576. The lowest BCUT2D eigenvalue weighted by molar-refractivity contribution is 0.0982. The van der Waals surface area contributed by atoms with E-state index in [4.69, 9.17) is 0 Å². The number of piperidine rings is 2. The van der Waals surface area contributed by atoms with Gasteiger partial charge in [-0.1, -0.05) is 6.42 Å². The number of nitrogens with one attached hydrogen (secondary N) is 2. The standard InChI is InChI=1S/C19H39N5/c1-19(2,24-12-6-5-7-13-24)16-22-18(20-3)21-11-8-17-9-14-23(4)15-10-17/h17H,5-16H2,1-4H3,(H2,20,21,22). The summed E-state index contributed by atoms with van der Waals surface area (Å²) in [6, 6.07) is 0. The van der Waals surface area contributed by atoms with Crippen molar-refractivity contribution in [1.82, 2.24) is 20.4 Å². The summed E-state index contributed by atoms with van der Waals surface area (Å²) in [4.78, 5) is 9.46. The zero-order valence-electron chi connectivity index (χ0n) is 16.4. The molecule has 0 unspecified atom stereocenters. The van der Waals surface area contributed by atoms with Gasteiger partial charge >= 0.3 is 0 Å². The number of guanidine groups is 1. The average molecular weight is 338 g/mol. The van der Waals surface area contributed by atoms with Crippen molar-refractivity contribution < 1.29 is 0 Å². The highest BCUT2D eigenvalue weighted by Gasteiger charge is 2.27. The van der Waals surface area contributed by atoms with Crippen LogP contribution in [0, 0.1) is 5.92 Å². The van der Waals surface area contributed by atoms with E-state index in [2.05, 4.69) is 46.3 Å². The maximum absolute atomic E-state index is 4.40. The van der Waals surface area contributed by atoms with Crippen LogP contribution in [0.5, 0.6) is 0 Å². The Morgan fingerprint density at radius 1 is 1.04 bits per heavy atom. The summed E-state index contributed by atoms with van der Waals surface area (Å²) in [6.07, 6.45) is 8.00. The smallest absolute Gasteiger partial charge is 0.191 e. The van der Waals surface area contributed by atoms with Gasteiger partial charge in [-0.3, -0.25) is 9.89 Å². The molecule has 2 saturated heterocycles. The summed E-state index contributed by atoms with van der Waals surface area (Å²) >= 11 is 0. The van der Waals surface area contributed by atoms with E-state index >= 15 is 0 Å². The third-order valence-electron chi connectivity index (χ3n) is 5.81. The minimum atomic E-state index is 0.187. The molecule has 5 nitrogen and oxygen atoms in total. The molecular formula is C19H39N5. The lowest BCUT2D eigenvalue weighted by atomic mass is 9.94. The van der Waals surface area contributed by atoms with Crippen LogP contribution in [0.25, 0.3) is 0 Å². The maximum Gasteiger partial charge on any atom is 0.191 e. The van der Waals surface area contributed by atoms with Crippen molar-refractivity contribution >= 4 is 5.96 Å². The van der Waals surface area contributed by atoms with Gasteiger partial charge in [0.2, 0.25) is 0 Å². The first-order valence-electron chi connectivity index (χ1n) is 9.89. The van der Waals surface area contributed by atoms with Gasteiger partial charge in [0, 0.05) is 25.7 Å². The van der Waals surface area contributed by atoms with Crippen molar-refractivity contribution in [3.05, 3.63) is 0 Å². The monoisotopic (exact) mass is 337 g/mol. The zero-order chi connectivity index (χ0) is 17.4. The predicted octanol–water partition coefficient (Wildman–Crippen LogP) is 2.15. The number of rotatable bonds is 6. The topological polar surface area (TPSA) is 42.9 Å². The molecule has 0 atom stereocenters. The molecule has 0 aromatic heterocycles. The Bertz CT molecular complexity index is 379. The summed E-state index contributed by atoms with van der Waals surface area (Å²) in [6.45, 7) is 11.6. The van der Waals surface area contributed by atoms with E-state index in [1.54, 1.807) is 0 Å². The van der Waals surface area contributed by atoms with E-state index in [9.17, 15) is 0 Å². The summed E-state index contributed by atoms with van der Waals surface area (Å²) in [5, 5.41) is 7.05. The van der Waals surface area contributed by atoms with Crippen LogP contribution in [0.2, 0.25) is 0 Å². The van der Waals surface area contributed by atoms with E-state index in [1.165, 1.54) is 64.7 Å². The number of aliphatic imine (C=N–C) groups is 1. The maximum atomic E-state index is 4.40. The molecule has 2 aliphatic heterocycles. The van der Waals surface area contributed by atoms with Crippen molar-refractivity contribution in [2.45, 2.75) is 57.9 Å². The second kappa shape index (κ2) is 9.62. The fraction of sp³-hybridized carbons (Fsp3) is 0.947. The van der Waals surface area contributed by atoms with E-state index in [0.717, 1.165) is 25.0 Å². The molecule has 24 heavy (non-hydrogen) atoms. The highest BCUT2D eigenvalue weighted by Crippen LogP contribution is 2.20. The number of hydrogen-bond acceptors (Lipinski definition) is 3. The van der Waals surface area contributed by atoms with Gasteiger partial charge in [-0.25, -0.2) is 0 Å². The van der Waals surface area contributed by atoms with Crippen LogP contribution in [-0.4, -0.2) is 74.7 Å². The first-order chi connectivity index (χ1) is 11.5. The largest absolute Gasteiger partial charge is 0.356 e. The van der Waals surface area contributed by atoms with Gasteiger partial charge in [0.15, 0.2) is 5.96 Å². The van der Waals surface area contributed by atoms with Crippen LogP contribution < -0.4 is 10.6 Å². The number of nitrogens with zero attached hydrogens (tertiary/aromatic N) is 3. The van der Waals surface area contributed by atoms with Gasteiger partial charge < -0.3 is 15.5 Å². The molecule has 0 aromatic carbocycles. The molecular weight excluding hydrogens is 298 g/mol. The first-order valence-corrected chi connectivity index (χ1v) is 9.89. The Morgan fingerprint density at radius 2 is 1.71 bits per heavy atom. The predicted molar refractivity (Wildman–Crippen MR) is 104 cm³/mol. The Kier molecular flexibility index (Phi) is 7.82. The Balaban J connectivity index is 1.66. The van der Waals surface area contributed by atoms with Gasteiger partial charge in [-0.15, -0.1) is 0 Å². The molecule has 2 aliphatic rings. The van der Waals surface area contributed by atoms with Gasteiger partial charge in [-0.05, 0) is 85.1 Å². The van der Waals surface area contributed by atoms with Crippen LogP contribution in [-0.2, 0) is 0 Å². The third kappa shape index (κ3) is 6.25. The fourth-order valence-corrected chi connectivity index (χ4v) is 3.88. The number of likely N-dealkylation sites (tertiary alicyclic amines) is 2. The minimum Gasteiger partial charge on any atom is -0.356 e. The minimum absolute atomic E-state index is 0.187. The van der Waals surface area contributed by atoms with E-state index in [0.29, 0.717) is 0 Å². The lowest BCUT2D eigenvalue weighted by Gasteiger charge is -2.41. The zero-order valence-corrected chi connectivity index (χ0v) is 16.4. The summed E-state index contributed by atoms with van der Waals surface area (Å²) in [5.74, 6) is 1.82. The highest BCUT2D eigenvalue weighted by molar-refractivity contribution is 5.79. The summed E-state index contributed by atoms with van der Waals surface area (Å²) in [7, 11) is 4.10. The second-order valence-corrected chi connectivity index (χ2v) is 8.25. The normalized spacial score (nSPS) is 22.6. The Hall–Kier alpha value is -0.810. The molecule has 5 heteroatoms. The van der Waals surface area contributed by atoms with Crippen molar-refractivity contribution in [3.8, 4) is 0 Å². The molecule has 2 fully saturated rings. The molecule has 0 amide bonds. The van der Waals surface area contributed by atoms with E-state index < -0.39 is 0 Å². The van der Waals surface area contributed by atoms with Crippen LogP contribution in [0.4, 0.5) is 0 Å². The second-order valence-electron chi connectivity index (χ2n) is 8.25. The summed E-state index contributed by atoms with van der Waals surface area (Å²) < 4.78 is 0. The third-order valence-corrected chi connectivity index (χ3v) is 5.81. The number of hydrogen-bond donors (Lipinski definition) is 2. The Morgan fingerprint density at radius 3 is 2.33 bits per heavy atom. The van der Waals surface area contributed by atoms with Gasteiger partial charge in [0.25, 0.3) is 0 Å². The van der Waals surface area contributed by atoms with Crippen LogP contribution >= 0.6 is 0 Å². The molecule has 0 bridgehead atoms. The van der Waals surface area contributed by atoms with Crippen LogP contribution in [0.15, 0.2) is 4.99 Å². The van der Waals surface area contributed by atoms with Crippen molar-refractivity contribution in [2.24, 2.45) is 10.9 Å². The van der Waals surface area contributed by atoms with Crippen molar-refractivity contribution in [1.29, 1.82) is 0 Å². The molecule has 0 aromatic rings. The molecule has 0 spiro atoms. The molecule has 0 radical (unpaired) electrons. The molecule has 0 saturated carbocycles. The van der Waals surface area contributed by atoms with E-state index in [-0.39, 0.29) is 5.54 Å². The van der Waals surface area contributed by atoms with Crippen molar-refractivity contribution in [3.63, 3.8) is 0 Å². The van der Waals surface area contributed by atoms with Crippen LogP contribution in [0.3, 0.4) is 0 Å². The molecule has 0 aliphatic carbocycles. The van der Waals surface area contributed by atoms with Gasteiger partial charge in [-0.2, -0.15) is 0 Å². The summed E-state index contributed by atoms with van der Waals surface area (Å²) in [5.41, 5.74) is 0.187. The molecule has 140 valence electrons. The van der Waals surface area contributed by atoms with Crippen molar-refractivity contribution in [2.75, 3.05) is 53.4 Å². The van der Waals surface area contributed by atoms with Crippen LogP contribution in [0.1, 0.15) is 52.4 Å². The Labute approximate surface area is 149 Å². The van der Waals surface area contributed by atoms with E-state index in [1.807, 2.05) is 7.05 Å². The lowest BCUT2D eigenvalue weighted by Crippen LogP contribution is -2.55. The average Bonchev–Trinajstić information content (AvgIpc) is 2.60. The van der Waals surface area contributed by atoms with Gasteiger partial charge in [0.05, 0.1) is 0 Å². The molecule has 2 N–H and O–H groups in total. The SMILES string of the molecule is CN=C(NCCC1CCN(C)CC1)NCC(C)(C)N1CCCCC1. The first kappa shape index (κ1) is 19.5. The molecule has 2 rings (SSSR count). The molecule has 2 heterocycles. The van der Waals surface area contributed by atoms with Gasteiger partial charge in [0.1, 0.15) is 0 Å².